The van der Waals surface area contributed by atoms with E-state index in [0.29, 0.717) is 5.69 Å². The Kier molecular flexibility index (Phi) is 6.08. The van der Waals surface area contributed by atoms with E-state index < -0.39 is 30.4 Å². The van der Waals surface area contributed by atoms with Crippen molar-refractivity contribution in [3.63, 3.8) is 0 Å². The highest BCUT2D eigenvalue weighted by Gasteiger charge is 2.39. The molecule has 1 aliphatic rings. The number of carboxylic acids is 1. The zero-order chi connectivity index (χ0) is 24.6. The number of hydrogen-bond acceptors (Lipinski definition) is 6. The molecule has 34 heavy (non-hydrogen) atoms. The summed E-state index contributed by atoms with van der Waals surface area (Å²) in [5.41, 5.74) is 3.70. The number of imide groups is 1. The van der Waals surface area contributed by atoms with Crippen molar-refractivity contribution in [2.24, 2.45) is 0 Å². The molecule has 2 amide bonds. The first-order chi connectivity index (χ1) is 16.3. The number of aliphatic hydroxyl groups excluding tert-OH is 1. The second-order valence-corrected chi connectivity index (χ2v) is 7.98. The maximum absolute atomic E-state index is 13.4. The van der Waals surface area contributed by atoms with Gasteiger partial charge in [-0.3, -0.25) is 9.59 Å². The van der Waals surface area contributed by atoms with Crippen LogP contribution < -0.4 is 14.5 Å². The fourth-order valence-electron chi connectivity index (χ4n) is 4.24. The Labute approximate surface area is 196 Å². The fraction of sp³-hybridized carbons (Fsp3) is 0.192. The standard InChI is InChI=1S/C26H24N2O6/c1-15-17(16-8-5-4-6-9-16)10-7-11-20(15)28-24(30)18-12-21(27(2)22(14-29)26(32)33)23(34-3)13-19(18)25(28)31/h4-13,22,29H,14H2,1-3H3,(H,32,33). The monoisotopic (exact) mass is 460 g/mol. The van der Waals surface area contributed by atoms with Crippen LogP contribution in [0, 0.1) is 6.92 Å². The van der Waals surface area contributed by atoms with Crippen molar-refractivity contribution >= 4 is 29.2 Å². The first kappa shape index (κ1) is 23.0. The summed E-state index contributed by atoms with van der Waals surface area (Å²) in [5, 5.41) is 19.0. The minimum atomic E-state index is -1.25. The van der Waals surface area contributed by atoms with Crippen LogP contribution in [0.3, 0.4) is 0 Å². The van der Waals surface area contributed by atoms with Crippen molar-refractivity contribution in [3.05, 3.63) is 77.4 Å². The molecule has 0 spiro atoms. The number of amides is 2. The van der Waals surface area contributed by atoms with Gasteiger partial charge in [0.1, 0.15) is 5.75 Å². The molecule has 8 heteroatoms. The zero-order valence-corrected chi connectivity index (χ0v) is 19.0. The van der Waals surface area contributed by atoms with Crippen molar-refractivity contribution in [3.8, 4) is 16.9 Å². The molecule has 8 nitrogen and oxygen atoms in total. The molecule has 0 aliphatic carbocycles. The van der Waals surface area contributed by atoms with E-state index in [9.17, 15) is 24.6 Å². The highest BCUT2D eigenvalue weighted by molar-refractivity contribution is 6.35. The molecule has 0 bridgehead atoms. The number of nitrogens with zero attached hydrogens (tertiary/aromatic N) is 2. The molecule has 0 radical (unpaired) electrons. The lowest BCUT2D eigenvalue weighted by Gasteiger charge is -2.27. The van der Waals surface area contributed by atoms with Gasteiger partial charge in [0, 0.05) is 7.05 Å². The zero-order valence-electron chi connectivity index (χ0n) is 19.0. The van der Waals surface area contributed by atoms with E-state index in [1.165, 1.54) is 31.2 Å². The molecule has 0 saturated heterocycles. The van der Waals surface area contributed by atoms with Gasteiger partial charge >= 0.3 is 5.97 Å². The van der Waals surface area contributed by atoms with Crippen LogP contribution in [0.25, 0.3) is 11.1 Å². The van der Waals surface area contributed by atoms with Gasteiger partial charge in [-0.2, -0.15) is 0 Å². The van der Waals surface area contributed by atoms with E-state index in [1.54, 1.807) is 12.1 Å². The van der Waals surface area contributed by atoms with Gasteiger partial charge in [0.25, 0.3) is 11.8 Å². The summed E-state index contributed by atoms with van der Waals surface area (Å²) in [6, 6.07) is 16.8. The molecule has 174 valence electrons. The molecule has 1 atom stereocenters. The van der Waals surface area contributed by atoms with Crippen molar-refractivity contribution in [1.82, 2.24) is 0 Å². The van der Waals surface area contributed by atoms with Crippen LogP contribution in [0.5, 0.6) is 5.75 Å². The summed E-state index contributed by atoms with van der Waals surface area (Å²) in [7, 11) is 2.87. The molecule has 3 aromatic carbocycles. The predicted molar refractivity (Wildman–Crippen MR) is 128 cm³/mol. The van der Waals surface area contributed by atoms with Crippen LogP contribution in [0.15, 0.2) is 60.7 Å². The Bertz CT molecular complexity index is 1290. The second-order valence-electron chi connectivity index (χ2n) is 7.98. The Balaban J connectivity index is 1.80. The van der Waals surface area contributed by atoms with Crippen LogP contribution in [0.1, 0.15) is 26.3 Å². The number of fused-ring (bicyclic) bond motifs is 1. The van der Waals surface area contributed by atoms with Crippen molar-refractivity contribution in [1.29, 1.82) is 0 Å². The number of methoxy groups -OCH3 is 1. The lowest BCUT2D eigenvalue weighted by molar-refractivity contribution is -0.139. The van der Waals surface area contributed by atoms with E-state index in [-0.39, 0.29) is 22.6 Å². The maximum Gasteiger partial charge on any atom is 0.328 e. The molecule has 0 saturated carbocycles. The number of anilines is 2. The van der Waals surface area contributed by atoms with E-state index in [4.69, 9.17) is 4.74 Å². The highest BCUT2D eigenvalue weighted by atomic mass is 16.5. The van der Waals surface area contributed by atoms with Crippen molar-refractivity contribution in [2.45, 2.75) is 13.0 Å². The number of ether oxygens (including phenoxy) is 1. The number of benzene rings is 3. The van der Waals surface area contributed by atoms with Crippen LogP contribution in [-0.2, 0) is 4.79 Å². The van der Waals surface area contributed by atoms with Gasteiger partial charge in [-0.1, -0.05) is 42.5 Å². The second kappa shape index (κ2) is 8.99. The van der Waals surface area contributed by atoms with Crippen LogP contribution in [0.2, 0.25) is 0 Å². The first-order valence-electron chi connectivity index (χ1n) is 10.6. The van der Waals surface area contributed by atoms with Gasteiger partial charge in [0.15, 0.2) is 6.04 Å². The Morgan fingerprint density at radius 2 is 1.65 bits per heavy atom. The molecular formula is C26H24N2O6. The van der Waals surface area contributed by atoms with Gasteiger partial charge < -0.3 is 19.8 Å². The molecule has 3 aromatic rings. The minimum Gasteiger partial charge on any atom is -0.495 e. The number of hydrogen-bond donors (Lipinski definition) is 2. The summed E-state index contributed by atoms with van der Waals surface area (Å²) in [4.78, 5) is 40.8. The van der Waals surface area contributed by atoms with Gasteiger partial charge in [0.2, 0.25) is 0 Å². The number of rotatable bonds is 7. The number of aliphatic hydroxyl groups is 1. The lowest BCUT2D eigenvalue weighted by atomic mass is 9.99. The third-order valence-corrected chi connectivity index (χ3v) is 6.12. The third kappa shape index (κ3) is 3.68. The fourth-order valence-corrected chi connectivity index (χ4v) is 4.24. The lowest BCUT2D eigenvalue weighted by Crippen LogP contribution is -2.41. The molecule has 1 unspecified atom stereocenters. The Morgan fingerprint density at radius 3 is 2.24 bits per heavy atom. The van der Waals surface area contributed by atoms with Crippen molar-refractivity contribution < 1.29 is 29.3 Å². The number of carboxylic acid groups (broad SMARTS) is 1. The quantitative estimate of drug-likeness (QED) is 0.521. The summed E-state index contributed by atoms with van der Waals surface area (Å²) >= 11 is 0. The SMILES string of the molecule is COc1cc2c(cc1N(C)C(CO)C(=O)O)C(=O)N(c1cccc(-c3ccccc3)c1C)C2=O. The molecule has 4 rings (SSSR count). The molecular weight excluding hydrogens is 436 g/mol. The summed E-state index contributed by atoms with van der Waals surface area (Å²) in [5.74, 6) is -2.01. The largest absolute Gasteiger partial charge is 0.495 e. The third-order valence-electron chi connectivity index (χ3n) is 6.12. The van der Waals surface area contributed by atoms with E-state index in [2.05, 4.69) is 0 Å². The molecule has 1 heterocycles. The average Bonchev–Trinajstić information content (AvgIpc) is 3.08. The maximum atomic E-state index is 13.4. The normalized spacial score (nSPS) is 13.6. The van der Waals surface area contributed by atoms with Gasteiger partial charge in [-0.05, 0) is 41.8 Å². The van der Waals surface area contributed by atoms with Crippen LogP contribution >= 0.6 is 0 Å². The van der Waals surface area contributed by atoms with E-state index in [0.717, 1.165) is 21.6 Å². The molecule has 1 aliphatic heterocycles. The number of likely N-dealkylation sites (N-methyl/N-ethyl adjacent to an activating group) is 1. The van der Waals surface area contributed by atoms with Crippen LogP contribution in [-0.4, -0.2) is 54.8 Å². The van der Waals surface area contributed by atoms with E-state index in [1.807, 2.05) is 43.3 Å². The number of aliphatic carboxylic acids is 1. The molecule has 0 aromatic heterocycles. The first-order valence-corrected chi connectivity index (χ1v) is 10.6. The topological polar surface area (TPSA) is 107 Å². The molecule has 2 N–H and O–H groups in total. The van der Waals surface area contributed by atoms with Gasteiger partial charge in [0.05, 0.1) is 36.2 Å². The van der Waals surface area contributed by atoms with Crippen molar-refractivity contribution in [2.75, 3.05) is 30.6 Å². The number of carbonyl (C=O) groups excluding carboxylic acids is 2. The highest BCUT2D eigenvalue weighted by Crippen LogP contribution is 2.39. The Hall–Kier alpha value is -4.17. The minimum absolute atomic E-state index is 0.138. The summed E-state index contributed by atoms with van der Waals surface area (Å²) < 4.78 is 5.39. The predicted octanol–water partition coefficient (Wildman–Crippen LogP) is 3.35. The number of carbonyl (C=O) groups is 3. The summed E-state index contributed by atoms with van der Waals surface area (Å²) in [6.45, 7) is 1.22. The molecule has 0 fully saturated rings. The smallest absolute Gasteiger partial charge is 0.328 e. The Morgan fingerprint density at radius 1 is 1.00 bits per heavy atom. The van der Waals surface area contributed by atoms with Gasteiger partial charge in [-0.25, -0.2) is 9.69 Å². The van der Waals surface area contributed by atoms with Gasteiger partial charge in [-0.15, -0.1) is 0 Å². The summed E-state index contributed by atoms with van der Waals surface area (Å²) in [6.07, 6.45) is 0. The van der Waals surface area contributed by atoms with E-state index >= 15 is 0 Å². The average molecular weight is 460 g/mol. The van der Waals surface area contributed by atoms with Crippen LogP contribution in [0.4, 0.5) is 11.4 Å².